The Morgan fingerprint density at radius 3 is 2.07 bits per heavy atom. The Hall–Kier alpha value is -0.0400. The van der Waals surface area contributed by atoms with Gasteiger partial charge in [0.25, 0.3) is 0 Å². The van der Waals surface area contributed by atoms with Crippen LogP contribution in [-0.4, -0.2) is 12.6 Å². The Morgan fingerprint density at radius 2 is 1.64 bits per heavy atom. The van der Waals surface area contributed by atoms with Crippen LogP contribution in [0.2, 0.25) is 0 Å². The first-order chi connectivity index (χ1) is 6.67. The predicted octanol–water partition coefficient (Wildman–Crippen LogP) is 3.45. The average molecular weight is 197 g/mol. The van der Waals surface area contributed by atoms with Crippen LogP contribution in [-0.2, 0) is 0 Å². The van der Waals surface area contributed by atoms with Gasteiger partial charge in [-0.2, -0.15) is 0 Å². The van der Waals surface area contributed by atoms with Gasteiger partial charge in [-0.25, -0.2) is 0 Å². The maximum atomic E-state index is 3.64. The molecule has 0 radical (unpaired) electrons. The summed E-state index contributed by atoms with van der Waals surface area (Å²) in [5.41, 5.74) is 0. The van der Waals surface area contributed by atoms with Crippen LogP contribution >= 0.6 is 0 Å². The van der Waals surface area contributed by atoms with Gasteiger partial charge in [-0.05, 0) is 50.0 Å². The first kappa shape index (κ1) is 12.0. The highest BCUT2D eigenvalue weighted by Gasteiger charge is 2.28. The zero-order chi connectivity index (χ0) is 10.6. The van der Waals surface area contributed by atoms with Gasteiger partial charge in [0.2, 0.25) is 0 Å². The van der Waals surface area contributed by atoms with E-state index in [4.69, 9.17) is 0 Å². The summed E-state index contributed by atoms with van der Waals surface area (Å²) in [7, 11) is 0. The van der Waals surface area contributed by atoms with Gasteiger partial charge in [0.1, 0.15) is 0 Å². The molecule has 1 aliphatic rings. The lowest BCUT2D eigenvalue weighted by atomic mass is 9.73. The molecule has 0 aliphatic heterocycles. The molecular weight excluding hydrogens is 170 g/mol. The van der Waals surface area contributed by atoms with Crippen molar-refractivity contribution >= 4 is 0 Å². The lowest BCUT2D eigenvalue weighted by Crippen LogP contribution is -2.39. The van der Waals surface area contributed by atoms with Gasteiger partial charge in [-0.15, -0.1) is 0 Å². The average Bonchev–Trinajstić information content (AvgIpc) is 2.12. The first-order valence-electron chi connectivity index (χ1n) is 6.40. The van der Waals surface area contributed by atoms with Crippen LogP contribution < -0.4 is 5.32 Å². The Bertz CT molecular complexity index is 145. The molecule has 3 atom stereocenters. The number of rotatable bonds is 4. The van der Waals surface area contributed by atoms with Crippen molar-refractivity contribution in [2.24, 2.45) is 17.8 Å². The third kappa shape index (κ3) is 3.27. The molecular formula is C13H27N. The number of hydrogen-bond acceptors (Lipinski definition) is 1. The first-order valence-corrected chi connectivity index (χ1v) is 6.40. The van der Waals surface area contributed by atoms with Crippen LogP contribution in [0.4, 0.5) is 0 Å². The Kier molecular flexibility index (Phi) is 4.94. The molecule has 1 saturated carbocycles. The molecule has 0 aromatic rings. The van der Waals surface area contributed by atoms with E-state index in [1.807, 2.05) is 0 Å². The summed E-state index contributed by atoms with van der Waals surface area (Å²) in [6.07, 6.45) is 5.61. The smallest absolute Gasteiger partial charge is 0.00927 e. The lowest BCUT2D eigenvalue weighted by Gasteiger charge is -2.36. The highest BCUT2D eigenvalue weighted by Crippen LogP contribution is 2.35. The van der Waals surface area contributed by atoms with E-state index in [9.17, 15) is 0 Å². The molecule has 1 rings (SSSR count). The summed E-state index contributed by atoms with van der Waals surface area (Å²) in [6.45, 7) is 10.5. The molecule has 14 heavy (non-hydrogen) atoms. The minimum absolute atomic E-state index is 0.769. The highest BCUT2D eigenvalue weighted by atomic mass is 14.9. The van der Waals surface area contributed by atoms with Crippen LogP contribution in [0.1, 0.15) is 53.4 Å². The van der Waals surface area contributed by atoms with Gasteiger partial charge in [-0.1, -0.05) is 27.7 Å². The van der Waals surface area contributed by atoms with Gasteiger partial charge in [0.05, 0.1) is 0 Å². The Balaban J connectivity index is 2.47. The molecule has 0 amide bonds. The molecule has 0 heterocycles. The van der Waals surface area contributed by atoms with Crippen molar-refractivity contribution in [1.29, 1.82) is 0 Å². The second-order valence-corrected chi connectivity index (χ2v) is 5.25. The second kappa shape index (κ2) is 5.75. The molecule has 0 saturated heterocycles. The summed E-state index contributed by atoms with van der Waals surface area (Å²) in [6, 6.07) is 0.769. The normalized spacial score (nSPS) is 35.6. The van der Waals surface area contributed by atoms with Crippen molar-refractivity contribution in [2.45, 2.75) is 59.4 Å². The lowest BCUT2D eigenvalue weighted by molar-refractivity contribution is 0.174. The van der Waals surface area contributed by atoms with E-state index < -0.39 is 0 Å². The zero-order valence-electron chi connectivity index (χ0n) is 10.3. The van der Waals surface area contributed by atoms with Crippen LogP contribution in [0.15, 0.2) is 0 Å². The Labute approximate surface area is 89.7 Å². The molecule has 1 N–H and O–H groups in total. The Morgan fingerprint density at radius 1 is 1.07 bits per heavy atom. The summed E-state index contributed by atoms with van der Waals surface area (Å²) >= 11 is 0. The van der Waals surface area contributed by atoms with Crippen LogP contribution in [0.3, 0.4) is 0 Å². The standard InChI is InChI=1S/C13H27N/c1-5-13(14-6-2)12-8-10(3)7-11(4)9-12/h10-14H,5-9H2,1-4H3. The van der Waals surface area contributed by atoms with Crippen molar-refractivity contribution in [3.05, 3.63) is 0 Å². The van der Waals surface area contributed by atoms with Gasteiger partial charge in [-0.3, -0.25) is 0 Å². The molecule has 0 bridgehead atoms. The fraction of sp³-hybridized carbons (Fsp3) is 1.00. The van der Waals surface area contributed by atoms with E-state index in [2.05, 4.69) is 33.0 Å². The highest BCUT2D eigenvalue weighted by molar-refractivity contribution is 4.82. The van der Waals surface area contributed by atoms with Gasteiger partial charge in [0.15, 0.2) is 0 Å². The summed E-state index contributed by atoms with van der Waals surface area (Å²) in [5, 5.41) is 3.64. The van der Waals surface area contributed by atoms with Crippen molar-refractivity contribution in [2.75, 3.05) is 6.54 Å². The maximum absolute atomic E-state index is 3.64. The van der Waals surface area contributed by atoms with Crippen LogP contribution in [0.25, 0.3) is 0 Å². The van der Waals surface area contributed by atoms with E-state index in [-0.39, 0.29) is 0 Å². The second-order valence-electron chi connectivity index (χ2n) is 5.25. The fourth-order valence-electron chi connectivity index (χ4n) is 3.24. The monoisotopic (exact) mass is 197 g/mol. The fourth-order valence-corrected chi connectivity index (χ4v) is 3.24. The predicted molar refractivity (Wildman–Crippen MR) is 63.4 cm³/mol. The van der Waals surface area contributed by atoms with E-state index in [1.165, 1.54) is 25.7 Å². The van der Waals surface area contributed by atoms with Crippen molar-refractivity contribution in [1.82, 2.24) is 5.32 Å². The molecule has 1 heteroatoms. The molecule has 3 unspecified atom stereocenters. The SMILES string of the molecule is CCNC(CC)C1CC(C)CC(C)C1. The van der Waals surface area contributed by atoms with Gasteiger partial charge >= 0.3 is 0 Å². The summed E-state index contributed by atoms with van der Waals surface area (Å²) in [5.74, 6) is 2.81. The maximum Gasteiger partial charge on any atom is 0.00927 e. The molecule has 0 spiro atoms. The minimum Gasteiger partial charge on any atom is -0.314 e. The zero-order valence-corrected chi connectivity index (χ0v) is 10.3. The van der Waals surface area contributed by atoms with Crippen LogP contribution in [0.5, 0.6) is 0 Å². The van der Waals surface area contributed by atoms with Crippen molar-refractivity contribution in [3.8, 4) is 0 Å². The molecule has 1 nitrogen and oxygen atoms in total. The number of hydrogen-bond donors (Lipinski definition) is 1. The largest absolute Gasteiger partial charge is 0.314 e. The quantitative estimate of drug-likeness (QED) is 0.728. The van der Waals surface area contributed by atoms with Crippen molar-refractivity contribution in [3.63, 3.8) is 0 Å². The molecule has 84 valence electrons. The van der Waals surface area contributed by atoms with Crippen LogP contribution in [0, 0.1) is 17.8 Å². The van der Waals surface area contributed by atoms with E-state index >= 15 is 0 Å². The molecule has 0 aromatic carbocycles. The van der Waals surface area contributed by atoms with E-state index in [0.29, 0.717) is 0 Å². The summed E-state index contributed by atoms with van der Waals surface area (Å²) < 4.78 is 0. The molecule has 1 fully saturated rings. The molecule has 1 aliphatic carbocycles. The third-order valence-electron chi connectivity index (χ3n) is 3.69. The van der Waals surface area contributed by atoms with Gasteiger partial charge in [0, 0.05) is 6.04 Å². The van der Waals surface area contributed by atoms with Crippen molar-refractivity contribution < 1.29 is 0 Å². The summed E-state index contributed by atoms with van der Waals surface area (Å²) in [4.78, 5) is 0. The van der Waals surface area contributed by atoms with E-state index in [1.54, 1.807) is 0 Å². The topological polar surface area (TPSA) is 12.0 Å². The van der Waals surface area contributed by atoms with E-state index in [0.717, 1.165) is 30.3 Å². The van der Waals surface area contributed by atoms with Gasteiger partial charge < -0.3 is 5.32 Å². The third-order valence-corrected chi connectivity index (χ3v) is 3.69. The molecule has 0 aromatic heterocycles. The minimum atomic E-state index is 0.769. The number of nitrogens with one attached hydrogen (secondary N) is 1.